The highest BCUT2D eigenvalue weighted by atomic mass is 32.2. The molecule has 2 amide bonds. The molecule has 194 valence electrons. The molecule has 2 aliphatic heterocycles. The smallest absolute Gasteiger partial charge is 0.409 e. The summed E-state index contributed by atoms with van der Waals surface area (Å²) in [5.41, 5.74) is 0.826. The molecule has 0 saturated carbocycles. The Morgan fingerprint density at radius 2 is 1.86 bits per heavy atom. The van der Waals surface area contributed by atoms with Crippen molar-refractivity contribution in [3.63, 3.8) is 0 Å². The van der Waals surface area contributed by atoms with E-state index in [-0.39, 0.29) is 17.6 Å². The van der Waals surface area contributed by atoms with Crippen molar-refractivity contribution in [1.29, 1.82) is 5.26 Å². The molecule has 0 N–H and O–H groups in total. The predicted octanol–water partition coefficient (Wildman–Crippen LogP) is 3.63. The average Bonchev–Trinajstić information content (AvgIpc) is 3.13. The number of nitriles is 1. The summed E-state index contributed by atoms with van der Waals surface area (Å²) in [6.07, 6.45) is 5.56. The van der Waals surface area contributed by atoms with Crippen LogP contribution in [0.25, 0.3) is 6.08 Å². The summed E-state index contributed by atoms with van der Waals surface area (Å²) in [6.45, 7) is 8.37. The number of aromatic nitrogens is 1. The Morgan fingerprint density at radius 1 is 1.17 bits per heavy atom. The van der Waals surface area contributed by atoms with Gasteiger partial charge in [-0.3, -0.25) is 19.1 Å². The van der Waals surface area contributed by atoms with Gasteiger partial charge in [-0.25, -0.2) is 4.79 Å². The van der Waals surface area contributed by atoms with Crippen molar-refractivity contribution in [2.75, 3.05) is 44.2 Å². The van der Waals surface area contributed by atoms with Crippen LogP contribution < -0.4 is 10.5 Å². The lowest BCUT2D eigenvalue weighted by Gasteiger charge is -2.37. The van der Waals surface area contributed by atoms with Crippen LogP contribution in [0, 0.1) is 18.3 Å². The highest BCUT2D eigenvalue weighted by molar-refractivity contribution is 8.26. The number of anilines is 1. The van der Waals surface area contributed by atoms with Crippen LogP contribution in [0.5, 0.6) is 0 Å². The van der Waals surface area contributed by atoms with Gasteiger partial charge in [0.25, 0.3) is 11.5 Å². The van der Waals surface area contributed by atoms with E-state index in [1.807, 2.05) is 11.0 Å². The molecule has 0 aliphatic carbocycles. The molecule has 2 fully saturated rings. The summed E-state index contributed by atoms with van der Waals surface area (Å²) in [4.78, 5) is 44.1. The van der Waals surface area contributed by atoms with Crippen molar-refractivity contribution in [1.82, 2.24) is 14.4 Å². The second-order valence-electron chi connectivity index (χ2n) is 8.78. The Hall–Kier alpha value is -2.84. The SMILES string of the molecule is CCCCCCN1C(=O)C(=Cc2c(C)c(C#N)c(=O)n(C)c2N2CCN(C(=O)OCC)CC2)SC1=S. The molecular formula is C25H33N5O4S2. The molecule has 9 nitrogen and oxygen atoms in total. The Balaban J connectivity index is 1.96. The monoisotopic (exact) mass is 531 g/mol. The first-order valence-corrected chi connectivity index (χ1v) is 13.5. The number of hydrogen-bond acceptors (Lipinski definition) is 8. The summed E-state index contributed by atoms with van der Waals surface area (Å²) in [6, 6.07) is 2.03. The highest BCUT2D eigenvalue weighted by Gasteiger charge is 2.33. The highest BCUT2D eigenvalue weighted by Crippen LogP contribution is 2.36. The quantitative estimate of drug-likeness (QED) is 0.285. The maximum absolute atomic E-state index is 13.2. The zero-order valence-electron chi connectivity index (χ0n) is 21.3. The summed E-state index contributed by atoms with van der Waals surface area (Å²) in [5, 5.41) is 9.68. The Labute approximate surface area is 221 Å². The Kier molecular flexibility index (Phi) is 9.56. The molecule has 0 spiro atoms. The lowest BCUT2D eigenvalue weighted by Crippen LogP contribution is -2.50. The van der Waals surface area contributed by atoms with E-state index in [4.69, 9.17) is 17.0 Å². The second kappa shape index (κ2) is 12.4. The topological polar surface area (TPSA) is 98.9 Å². The van der Waals surface area contributed by atoms with E-state index in [2.05, 4.69) is 6.92 Å². The lowest BCUT2D eigenvalue weighted by atomic mass is 10.0. The molecule has 36 heavy (non-hydrogen) atoms. The summed E-state index contributed by atoms with van der Waals surface area (Å²) in [7, 11) is 1.63. The van der Waals surface area contributed by atoms with Crippen LogP contribution in [0.3, 0.4) is 0 Å². The van der Waals surface area contributed by atoms with Gasteiger partial charge in [0, 0.05) is 45.3 Å². The van der Waals surface area contributed by atoms with E-state index < -0.39 is 5.56 Å². The molecule has 0 radical (unpaired) electrons. The minimum Gasteiger partial charge on any atom is -0.450 e. The number of thiocarbonyl (C=S) groups is 1. The lowest BCUT2D eigenvalue weighted by molar-refractivity contribution is -0.122. The maximum Gasteiger partial charge on any atom is 0.409 e. The third-order valence-electron chi connectivity index (χ3n) is 6.46. The fourth-order valence-corrected chi connectivity index (χ4v) is 5.72. The van der Waals surface area contributed by atoms with E-state index in [0.717, 1.165) is 25.7 Å². The zero-order valence-corrected chi connectivity index (χ0v) is 23.0. The molecule has 3 rings (SSSR count). The van der Waals surface area contributed by atoms with Crippen LogP contribution in [0.4, 0.5) is 10.6 Å². The van der Waals surface area contributed by atoms with Gasteiger partial charge in [0.05, 0.1) is 11.5 Å². The van der Waals surface area contributed by atoms with E-state index in [1.54, 1.807) is 36.8 Å². The number of nitrogens with zero attached hydrogens (tertiary/aromatic N) is 5. The molecule has 2 saturated heterocycles. The number of unbranched alkanes of at least 4 members (excludes halogenated alkanes) is 3. The first-order valence-electron chi connectivity index (χ1n) is 12.3. The van der Waals surface area contributed by atoms with E-state index in [0.29, 0.717) is 65.5 Å². The largest absolute Gasteiger partial charge is 0.450 e. The van der Waals surface area contributed by atoms with Crippen molar-refractivity contribution < 1.29 is 14.3 Å². The van der Waals surface area contributed by atoms with Crippen LogP contribution in [0.2, 0.25) is 0 Å². The zero-order chi connectivity index (χ0) is 26.4. The van der Waals surface area contributed by atoms with Gasteiger partial charge in [-0.2, -0.15) is 5.26 Å². The number of carbonyl (C=O) groups excluding carboxylic acids is 2. The van der Waals surface area contributed by atoms with Crippen molar-refractivity contribution in [2.24, 2.45) is 7.05 Å². The van der Waals surface area contributed by atoms with Crippen molar-refractivity contribution in [3.8, 4) is 6.07 Å². The number of amides is 2. The van der Waals surface area contributed by atoms with Crippen molar-refractivity contribution >= 4 is 52.2 Å². The van der Waals surface area contributed by atoms with Crippen LogP contribution in [0.15, 0.2) is 9.70 Å². The molecule has 3 heterocycles. The van der Waals surface area contributed by atoms with Crippen molar-refractivity contribution in [3.05, 3.63) is 31.9 Å². The fourth-order valence-electron chi connectivity index (χ4n) is 4.43. The standard InChI is InChI=1S/C25H33N5O4S2/c1-5-7-8-9-10-30-23(32)20(36-25(30)35)15-18-17(3)19(16-26)22(31)27(4)21(18)28-11-13-29(14-12-28)24(33)34-6-2/h15H,5-14H2,1-4H3. The van der Waals surface area contributed by atoms with Gasteiger partial charge in [0.2, 0.25) is 0 Å². The minimum absolute atomic E-state index is 0.0488. The minimum atomic E-state index is -0.390. The number of piperazine rings is 1. The van der Waals surface area contributed by atoms with Gasteiger partial charge >= 0.3 is 6.09 Å². The van der Waals surface area contributed by atoms with Crippen LogP contribution in [-0.2, 0) is 16.6 Å². The third-order valence-corrected chi connectivity index (χ3v) is 7.84. The normalized spacial score (nSPS) is 17.2. The molecule has 0 unspecified atom stereocenters. The van der Waals surface area contributed by atoms with Gasteiger partial charge in [0.15, 0.2) is 0 Å². The molecule has 1 aromatic heterocycles. The number of thioether (sulfide) groups is 1. The predicted molar refractivity (Wildman–Crippen MR) is 146 cm³/mol. The molecule has 0 bridgehead atoms. The van der Waals surface area contributed by atoms with Crippen LogP contribution in [-0.4, -0.2) is 70.0 Å². The maximum atomic E-state index is 13.2. The molecule has 1 aromatic rings. The first-order chi connectivity index (χ1) is 17.2. The fraction of sp³-hybridized carbons (Fsp3) is 0.560. The molecule has 0 aromatic carbocycles. The van der Waals surface area contributed by atoms with E-state index >= 15 is 0 Å². The van der Waals surface area contributed by atoms with Gasteiger partial charge < -0.3 is 14.5 Å². The number of hydrogen-bond donors (Lipinski definition) is 0. The Morgan fingerprint density at radius 3 is 2.47 bits per heavy atom. The number of carbonyl (C=O) groups is 2. The van der Waals surface area contributed by atoms with E-state index in [9.17, 15) is 19.6 Å². The van der Waals surface area contributed by atoms with Crippen molar-refractivity contribution in [2.45, 2.75) is 46.5 Å². The number of pyridine rings is 1. The van der Waals surface area contributed by atoms with Gasteiger partial charge in [-0.15, -0.1) is 0 Å². The molecular weight excluding hydrogens is 498 g/mol. The first kappa shape index (κ1) is 27.7. The molecule has 2 aliphatic rings. The third kappa shape index (κ3) is 5.76. The number of rotatable bonds is 8. The van der Waals surface area contributed by atoms with Gasteiger partial charge in [-0.05, 0) is 31.9 Å². The van der Waals surface area contributed by atoms with Gasteiger partial charge in [-0.1, -0.05) is 50.2 Å². The van der Waals surface area contributed by atoms with E-state index in [1.165, 1.54) is 16.3 Å². The van der Waals surface area contributed by atoms with Crippen LogP contribution >= 0.6 is 24.0 Å². The average molecular weight is 532 g/mol. The number of ether oxygens (including phenoxy) is 1. The summed E-state index contributed by atoms with van der Waals surface area (Å²) < 4.78 is 7.10. The van der Waals surface area contributed by atoms with Crippen LogP contribution in [0.1, 0.15) is 56.2 Å². The summed E-state index contributed by atoms with van der Waals surface area (Å²) in [5.74, 6) is 0.472. The van der Waals surface area contributed by atoms with Gasteiger partial charge in [0.1, 0.15) is 21.8 Å². The second-order valence-corrected chi connectivity index (χ2v) is 10.5. The molecule has 11 heteroatoms. The molecule has 0 atom stereocenters. The summed E-state index contributed by atoms with van der Waals surface area (Å²) >= 11 is 6.74. The Bertz CT molecular complexity index is 1160.